The normalized spacial score (nSPS) is 42.6. The average Bonchev–Trinajstić information content (AvgIpc) is 3.64. The molecule has 1 saturated heterocycles. The molecule has 0 aromatic heterocycles. The molecule has 2 spiro atoms. The van der Waals surface area contributed by atoms with E-state index >= 15 is 0 Å². The lowest BCUT2D eigenvalue weighted by Gasteiger charge is -2.60. The molecule has 1 aliphatic heterocycles. The number of hydrogen-bond donors (Lipinski definition) is 1. The van der Waals surface area contributed by atoms with Gasteiger partial charge in [0.1, 0.15) is 12.2 Å². The molecule has 1 N–H and O–H groups in total. The van der Waals surface area contributed by atoms with Crippen LogP contribution < -0.4 is 0 Å². The lowest BCUT2D eigenvalue weighted by atomic mass is 9.43. The molecule has 0 radical (unpaired) electrons. The van der Waals surface area contributed by atoms with Crippen LogP contribution in [-0.2, 0) is 23.9 Å². The number of amides is 1. The molecule has 4 saturated carbocycles. The van der Waals surface area contributed by atoms with Crippen LogP contribution in [0.15, 0.2) is 24.3 Å². The Labute approximate surface area is 280 Å². The second-order valence-corrected chi connectivity index (χ2v) is 16.8. The minimum atomic E-state index is -1.42. The Morgan fingerprint density at radius 1 is 1.09 bits per heavy atom. The summed E-state index contributed by atoms with van der Waals surface area (Å²) >= 11 is 0. The van der Waals surface area contributed by atoms with Crippen LogP contribution >= 0.6 is 0 Å². The zero-order chi connectivity index (χ0) is 34.3. The Morgan fingerprint density at radius 3 is 2.43 bits per heavy atom. The van der Waals surface area contributed by atoms with Crippen molar-refractivity contribution >= 4 is 23.6 Å². The van der Waals surface area contributed by atoms with Crippen LogP contribution in [0, 0.1) is 57.2 Å². The van der Waals surface area contributed by atoms with Crippen molar-refractivity contribution in [3.63, 3.8) is 0 Å². The zero-order valence-electron chi connectivity index (χ0n) is 29.5. The van der Waals surface area contributed by atoms with E-state index in [9.17, 15) is 24.3 Å². The summed E-state index contributed by atoms with van der Waals surface area (Å²) in [7, 11) is 2.02. The summed E-state index contributed by atoms with van der Waals surface area (Å²) in [5.41, 5.74) is 0.0750. The molecule has 9 heteroatoms. The maximum atomic E-state index is 14.1. The first-order valence-corrected chi connectivity index (χ1v) is 17.9. The van der Waals surface area contributed by atoms with E-state index in [1.165, 1.54) is 6.92 Å². The molecule has 1 amide bonds. The van der Waals surface area contributed by atoms with E-state index in [0.29, 0.717) is 36.9 Å². The third-order valence-electron chi connectivity index (χ3n) is 14.8. The molecule has 9 nitrogen and oxygen atoms in total. The van der Waals surface area contributed by atoms with Crippen molar-refractivity contribution in [3.8, 4) is 0 Å². The predicted molar refractivity (Wildman–Crippen MR) is 177 cm³/mol. The molecule has 12 atom stereocenters. The number of nitrogens with zero attached hydrogens (tertiary/aromatic N) is 2. The lowest BCUT2D eigenvalue weighted by molar-refractivity contribution is -0.155. The number of fused-ring (bicyclic) bond motifs is 2. The number of hydrogen-bond acceptors (Lipinski definition) is 8. The van der Waals surface area contributed by atoms with Gasteiger partial charge >= 0.3 is 12.1 Å². The summed E-state index contributed by atoms with van der Waals surface area (Å²) in [6.45, 7) is 18.8. The molecule has 0 aromatic carbocycles. The minimum absolute atomic E-state index is 0.0309. The largest absolute Gasteiger partial charge is 0.462 e. The van der Waals surface area contributed by atoms with Crippen LogP contribution in [0.25, 0.3) is 0 Å². The third kappa shape index (κ3) is 5.07. The van der Waals surface area contributed by atoms with Gasteiger partial charge in [0.25, 0.3) is 0 Å². The fourth-order valence-electron chi connectivity index (χ4n) is 11.9. The summed E-state index contributed by atoms with van der Waals surface area (Å²) < 4.78 is 11.6. The maximum Gasteiger partial charge on any atom is 0.409 e. The molecule has 6 aliphatic rings. The first-order chi connectivity index (χ1) is 22.0. The van der Waals surface area contributed by atoms with Crippen LogP contribution in [0.1, 0.15) is 80.1 Å². The van der Waals surface area contributed by atoms with E-state index in [4.69, 9.17) is 9.47 Å². The number of aliphatic hydroxyl groups is 1. The van der Waals surface area contributed by atoms with E-state index in [1.54, 1.807) is 4.90 Å². The van der Waals surface area contributed by atoms with E-state index in [0.717, 1.165) is 45.2 Å². The molecular formula is C38H56N2O7. The Kier molecular flexibility index (Phi) is 8.64. The topological polar surface area (TPSA) is 113 Å². The van der Waals surface area contributed by atoms with E-state index in [2.05, 4.69) is 38.3 Å². The molecule has 1 heterocycles. The van der Waals surface area contributed by atoms with Crippen LogP contribution in [0.4, 0.5) is 4.79 Å². The van der Waals surface area contributed by atoms with Crippen molar-refractivity contribution in [1.29, 1.82) is 0 Å². The van der Waals surface area contributed by atoms with Crippen molar-refractivity contribution in [2.45, 2.75) is 92.3 Å². The van der Waals surface area contributed by atoms with Crippen LogP contribution in [0.2, 0.25) is 0 Å². The summed E-state index contributed by atoms with van der Waals surface area (Å²) in [6.07, 6.45) is 7.64. The number of aliphatic hydroxyl groups excluding tert-OH is 1. The van der Waals surface area contributed by atoms with Gasteiger partial charge in [0.2, 0.25) is 0 Å². The molecule has 5 fully saturated rings. The zero-order valence-corrected chi connectivity index (χ0v) is 29.5. The number of ketones is 2. The fraction of sp³-hybridized carbons (Fsp3) is 0.789. The molecule has 5 aliphatic carbocycles. The van der Waals surface area contributed by atoms with Crippen molar-refractivity contribution in [2.75, 3.05) is 39.8 Å². The summed E-state index contributed by atoms with van der Waals surface area (Å²) in [4.78, 5) is 55.8. The number of likely N-dealkylation sites (N-methyl/N-ethyl adjacent to an activating group) is 1. The molecular weight excluding hydrogens is 596 g/mol. The summed E-state index contributed by atoms with van der Waals surface area (Å²) in [5.74, 6) is -0.849. The number of allylic oxidation sites excluding steroid dienone is 2. The van der Waals surface area contributed by atoms with E-state index in [1.807, 2.05) is 27.0 Å². The highest BCUT2D eigenvalue weighted by atomic mass is 16.6. The standard InChI is InChI=1S/C38H56N2O7/c1-22(20-46-34(45)40-17-15-39(8)16-18-40)23(2)32(43)33(44)25(4)31-29(47-26(5)41)19-36(7)30-10-9-27-24(3)28(42)11-12-37(27)21-38(30,37)14-13-35(31,36)6/h11-12,22,24-25,27,29-32,43H,2,9-10,13-21H2,1,3-8H3/t22-,24-,25-,27-,29-,30-,31-,32?,35+,36-,37+,38-/m0/s1. The van der Waals surface area contributed by atoms with Crippen molar-refractivity contribution in [3.05, 3.63) is 24.3 Å². The Balaban J connectivity index is 1.19. The van der Waals surface area contributed by atoms with Gasteiger partial charge in [0.05, 0.1) is 6.61 Å². The molecule has 6 rings (SSSR count). The van der Waals surface area contributed by atoms with E-state index < -0.39 is 24.0 Å². The van der Waals surface area contributed by atoms with Gasteiger partial charge in [0.15, 0.2) is 11.6 Å². The van der Waals surface area contributed by atoms with Gasteiger partial charge in [-0.3, -0.25) is 14.4 Å². The monoisotopic (exact) mass is 652 g/mol. The quantitative estimate of drug-likeness (QED) is 0.286. The number of esters is 1. The highest BCUT2D eigenvalue weighted by Gasteiger charge is 2.81. The van der Waals surface area contributed by atoms with Gasteiger partial charge < -0.3 is 24.4 Å². The first-order valence-electron chi connectivity index (χ1n) is 17.9. The van der Waals surface area contributed by atoms with Crippen LogP contribution in [0.5, 0.6) is 0 Å². The number of rotatable bonds is 8. The number of Topliss-reactive ketones (excluding diaryl/α,β-unsaturated/α-hetero) is 1. The molecule has 0 bridgehead atoms. The highest BCUT2D eigenvalue weighted by molar-refractivity contribution is 5.93. The smallest absolute Gasteiger partial charge is 0.409 e. The SMILES string of the molecule is C=C(C(O)C(=O)[C@@H](C)[C@H]1[C@@H](OC(C)=O)C[C@@]2(C)[C@@H]3CC[C@H]4[C@H](C)C(=O)C=C[C@@]45C[C@@]35CC[C@]12C)[C@@H](C)COC(=O)N1CCN(C)CC1. The van der Waals surface area contributed by atoms with Gasteiger partial charge in [-0.15, -0.1) is 0 Å². The lowest BCUT2D eigenvalue weighted by Crippen LogP contribution is -2.55. The average molecular weight is 653 g/mol. The molecule has 47 heavy (non-hydrogen) atoms. The van der Waals surface area contributed by atoms with Gasteiger partial charge in [-0.05, 0) is 90.7 Å². The fourth-order valence-corrected chi connectivity index (χ4v) is 11.9. The van der Waals surface area contributed by atoms with Gasteiger partial charge in [-0.1, -0.05) is 47.3 Å². The Bertz CT molecular complexity index is 1370. The highest BCUT2D eigenvalue weighted by Crippen LogP contribution is 2.87. The third-order valence-corrected chi connectivity index (χ3v) is 14.8. The van der Waals surface area contributed by atoms with Gasteiger partial charge in [-0.25, -0.2) is 4.79 Å². The summed E-state index contributed by atoms with van der Waals surface area (Å²) in [5, 5.41) is 11.4. The van der Waals surface area contributed by atoms with Crippen LogP contribution in [-0.4, -0.2) is 90.6 Å². The molecule has 260 valence electrons. The molecule has 1 unspecified atom stereocenters. The van der Waals surface area contributed by atoms with E-state index in [-0.39, 0.29) is 63.7 Å². The van der Waals surface area contributed by atoms with Crippen molar-refractivity contribution in [1.82, 2.24) is 9.80 Å². The molecule has 0 aromatic rings. The number of carbonyl (C=O) groups is 4. The first kappa shape index (κ1) is 34.3. The van der Waals surface area contributed by atoms with Crippen LogP contribution in [0.3, 0.4) is 0 Å². The predicted octanol–water partition coefficient (Wildman–Crippen LogP) is 5.06. The van der Waals surface area contributed by atoms with Crippen molar-refractivity contribution < 1.29 is 33.8 Å². The van der Waals surface area contributed by atoms with Gasteiger partial charge in [-0.2, -0.15) is 0 Å². The van der Waals surface area contributed by atoms with Gasteiger partial charge in [0, 0.05) is 56.8 Å². The second kappa shape index (κ2) is 11.8. The Morgan fingerprint density at radius 2 is 1.77 bits per heavy atom. The second-order valence-electron chi connectivity index (χ2n) is 16.8. The summed E-state index contributed by atoms with van der Waals surface area (Å²) in [6, 6.07) is 0. The number of ether oxygens (including phenoxy) is 2. The Hall–Kier alpha value is -2.52. The number of piperazine rings is 1. The van der Waals surface area contributed by atoms with Crippen molar-refractivity contribution in [2.24, 2.45) is 57.2 Å². The maximum absolute atomic E-state index is 14.1. The minimum Gasteiger partial charge on any atom is -0.462 e. The number of carbonyl (C=O) groups excluding carboxylic acids is 4.